The molecule has 112 valence electrons. The van der Waals surface area contributed by atoms with Crippen molar-refractivity contribution in [1.82, 2.24) is 10.1 Å². The first-order valence-electron chi connectivity index (χ1n) is 6.70. The van der Waals surface area contributed by atoms with Gasteiger partial charge in [-0.25, -0.2) is 8.78 Å². The lowest BCUT2D eigenvalue weighted by molar-refractivity contribution is 0.384. The molecule has 0 spiro atoms. The van der Waals surface area contributed by atoms with Crippen molar-refractivity contribution in [3.8, 4) is 11.4 Å². The van der Waals surface area contributed by atoms with E-state index < -0.39 is 11.6 Å². The molecule has 2 aromatic carbocycles. The van der Waals surface area contributed by atoms with Crippen LogP contribution in [-0.4, -0.2) is 10.1 Å². The quantitative estimate of drug-likeness (QED) is 0.793. The SMILES string of the molecule is Cc1ccc(-c2noc(CNc3cc(F)ccc3F)n2)cc1. The Balaban J connectivity index is 1.72. The second kappa shape index (κ2) is 5.93. The standard InChI is InChI=1S/C16H13F2N3O/c1-10-2-4-11(5-3-10)16-20-15(22-21-16)9-19-14-8-12(17)6-7-13(14)18/h2-8,19H,9H2,1H3. The van der Waals surface area contributed by atoms with Gasteiger partial charge in [0.1, 0.15) is 11.6 Å². The van der Waals surface area contributed by atoms with Crippen molar-refractivity contribution >= 4 is 5.69 Å². The van der Waals surface area contributed by atoms with Crippen molar-refractivity contribution in [2.24, 2.45) is 0 Å². The minimum Gasteiger partial charge on any atom is -0.374 e. The van der Waals surface area contributed by atoms with Crippen LogP contribution >= 0.6 is 0 Å². The number of nitrogens with one attached hydrogen (secondary N) is 1. The first-order chi connectivity index (χ1) is 10.6. The van der Waals surface area contributed by atoms with Crippen molar-refractivity contribution in [2.75, 3.05) is 5.32 Å². The van der Waals surface area contributed by atoms with Crippen LogP contribution in [0.15, 0.2) is 47.0 Å². The highest BCUT2D eigenvalue weighted by atomic mass is 19.1. The summed E-state index contributed by atoms with van der Waals surface area (Å²) < 4.78 is 31.7. The van der Waals surface area contributed by atoms with Crippen LogP contribution in [0.2, 0.25) is 0 Å². The van der Waals surface area contributed by atoms with E-state index in [0.717, 1.165) is 29.3 Å². The molecular formula is C16H13F2N3O. The Bertz CT molecular complexity index is 784. The molecule has 0 aliphatic rings. The van der Waals surface area contributed by atoms with Gasteiger partial charge in [-0.1, -0.05) is 35.0 Å². The van der Waals surface area contributed by atoms with Crippen molar-refractivity contribution < 1.29 is 13.3 Å². The average molecular weight is 301 g/mol. The molecule has 6 heteroatoms. The summed E-state index contributed by atoms with van der Waals surface area (Å²) in [5.74, 6) is -0.315. The summed E-state index contributed by atoms with van der Waals surface area (Å²) in [5.41, 5.74) is 2.02. The fourth-order valence-corrected chi connectivity index (χ4v) is 1.95. The van der Waals surface area contributed by atoms with Gasteiger partial charge < -0.3 is 9.84 Å². The number of aromatic nitrogens is 2. The van der Waals surface area contributed by atoms with Crippen LogP contribution in [0.1, 0.15) is 11.5 Å². The largest absolute Gasteiger partial charge is 0.374 e. The summed E-state index contributed by atoms with van der Waals surface area (Å²) in [6.45, 7) is 2.10. The van der Waals surface area contributed by atoms with Crippen molar-refractivity contribution in [3.05, 3.63) is 65.6 Å². The Labute approximate surface area is 125 Å². The Morgan fingerprint density at radius 1 is 1.09 bits per heavy atom. The van der Waals surface area contributed by atoms with E-state index in [0.29, 0.717) is 11.7 Å². The zero-order valence-corrected chi connectivity index (χ0v) is 11.8. The number of hydrogen-bond donors (Lipinski definition) is 1. The highest BCUT2D eigenvalue weighted by Crippen LogP contribution is 2.18. The maximum atomic E-state index is 13.5. The third-order valence-electron chi connectivity index (χ3n) is 3.14. The third kappa shape index (κ3) is 3.11. The first kappa shape index (κ1) is 14.2. The first-order valence-corrected chi connectivity index (χ1v) is 6.70. The van der Waals surface area contributed by atoms with E-state index in [4.69, 9.17) is 4.52 Å². The highest BCUT2D eigenvalue weighted by molar-refractivity contribution is 5.54. The van der Waals surface area contributed by atoms with E-state index in [1.165, 1.54) is 0 Å². The molecule has 3 aromatic rings. The number of halogens is 2. The Morgan fingerprint density at radius 2 is 1.86 bits per heavy atom. The van der Waals surface area contributed by atoms with Gasteiger partial charge in [0.15, 0.2) is 0 Å². The molecule has 0 radical (unpaired) electrons. The van der Waals surface area contributed by atoms with Crippen LogP contribution in [-0.2, 0) is 6.54 Å². The van der Waals surface area contributed by atoms with Crippen LogP contribution in [0.25, 0.3) is 11.4 Å². The lowest BCUT2D eigenvalue weighted by Crippen LogP contribution is -2.02. The minimum atomic E-state index is -0.542. The molecule has 22 heavy (non-hydrogen) atoms. The lowest BCUT2D eigenvalue weighted by Gasteiger charge is -2.04. The zero-order chi connectivity index (χ0) is 15.5. The highest BCUT2D eigenvalue weighted by Gasteiger charge is 2.10. The lowest BCUT2D eigenvalue weighted by atomic mass is 10.1. The summed E-state index contributed by atoms with van der Waals surface area (Å²) in [5, 5.41) is 6.61. The second-order valence-electron chi connectivity index (χ2n) is 4.86. The molecule has 0 fully saturated rings. The van der Waals surface area contributed by atoms with Crippen LogP contribution < -0.4 is 5.32 Å². The zero-order valence-electron chi connectivity index (χ0n) is 11.8. The van der Waals surface area contributed by atoms with Gasteiger partial charge in [0, 0.05) is 5.56 Å². The molecule has 0 amide bonds. The normalized spacial score (nSPS) is 10.7. The molecule has 0 aliphatic carbocycles. The fraction of sp³-hybridized carbons (Fsp3) is 0.125. The fourth-order valence-electron chi connectivity index (χ4n) is 1.95. The van der Waals surface area contributed by atoms with Crippen LogP contribution in [0.5, 0.6) is 0 Å². The van der Waals surface area contributed by atoms with Gasteiger partial charge in [0.25, 0.3) is 0 Å². The minimum absolute atomic E-state index is 0.0510. The molecule has 1 N–H and O–H groups in total. The predicted octanol–water partition coefficient (Wildman–Crippen LogP) is 3.94. The molecule has 0 saturated carbocycles. The van der Waals surface area contributed by atoms with E-state index in [2.05, 4.69) is 15.5 Å². The molecule has 1 aromatic heterocycles. The van der Waals surface area contributed by atoms with E-state index in [9.17, 15) is 8.78 Å². The van der Waals surface area contributed by atoms with E-state index in [1.54, 1.807) is 0 Å². The Kier molecular flexibility index (Phi) is 3.82. The van der Waals surface area contributed by atoms with Gasteiger partial charge in [-0.3, -0.25) is 0 Å². The number of hydrogen-bond acceptors (Lipinski definition) is 4. The molecule has 0 bridgehead atoms. The number of benzene rings is 2. The summed E-state index contributed by atoms with van der Waals surface area (Å²) in [6.07, 6.45) is 0. The number of nitrogens with zero attached hydrogens (tertiary/aromatic N) is 2. The monoisotopic (exact) mass is 301 g/mol. The topological polar surface area (TPSA) is 51.0 Å². The van der Waals surface area contributed by atoms with Crippen molar-refractivity contribution in [2.45, 2.75) is 13.5 Å². The smallest absolute Gasteiger partial charge is 0.246 e. The molecule has 0 saturated heterocycles. The van der Waals surface area contributed by atoms with Crippen LogP contribution in [0.3, 0.4) is 0 Å². The molecule has 0 aliphatic heterocycles. The Hall–Kier alpha value is -2.76. The maximum Gasteiger partial charge on any atom is 0.246 e. The summed E-state index contributed by atoms with van der Waals surface area (Å²) in [6, 6.07) is 10.9. The molecule has 1 heterocycles. The maximum absolute atomic E-state index is 13.5. The number of aryl methyl sites for hydroxylation is 1. The Morgan fingerprint density at radius 3 is 2.64 bits per heavy atom. The number of rotatable bonds is 4. The second-order valence-corrected chi connectivity index (χ2v) is 4.86. The summed E-state index contributed by atoms with van der Waals surface area (Å²) in [7, 11) is 0. The average Bonchev–Trinajstić information content (AvgIpc) is 2.98. The number of anilines is 1. The summed E-state index contributed by atoms with van der Waals surface area (Å²) in [4.78, 5) is 4.22. The van der Waals surface area contributed by atoms with Crippen LogP contribution in [0.4, 0.5) is 14.5 Å². The van der Waals surface area contributed by atoms with E-state index in [-0.39, 0.29) is 12.2 Å². The molecular weight excluding hydrogens is 288 g/mol. The molecule has 0 unspecified atom stereocenters. The molecule has 0 atom stereocenters. The van der Waals surface area contributed by atoms with Gasteiger partial charge >= 0.3 is 0 Å². The van der Waals surface area contributed by atoms with E-state index in [1.807, 2.05) is 31.2 Å². The van der Waals surface area contributed by atoms with E-state index >= 15 is 0 Å². The van der Waals surface area contributed by atoms with Crippen molar-refractivity contribution in [3.63, 3.8) is 0 Å². The van der Waals surface area contributed by atoms with Gasteiger partial charge in [-0.2, -0.15) is 4.98 Å². The van der Waals surface area contributed by atoms with Gasteiger partial charge in [0.05, 0.1) is 12.2 Å². The third-order valence-corrected chi connectivity index (χ3v) is 3.14. The van der Waals surface area contributed by atoms with Crippen molar-refractivity contribution in [1.29, 1.82) is 0 Å². The predicted molar refractivity (Wildman–Crippen MR) is 78.2 cm³/mol. The molecule has 4 nitrogen and oxygen atoms in total. The molecule has 3 rings (SSSR count). The van der Waals surface area contributed by atoms with Gasteiger partial charge in [0.2, 0.25) is 11.7 Å². The van der Waals surface area contributed by atoms with Crippen LogP contribution in [0, 0.1) is 18.6 Å². The van der Waals surface area contributed by atoms with Gasteiger partial charge in [-0.15, -0.1) is 0 Å². The van der Waals surface area contributed by atoms with Gasteiger partial charge in [-0.05, 0) is 25.1 Å². The summed E-state index contributed by atoms with van der Waals surface area (Å²) >= 11 is 0.